The van der Waals surface area contributed by atoms with E-state index < -0.39 is 10.0 Å². The smallest absolute Gasteiger partial charge is 0.226 e. The second-order valence-corrected chi connectivity index (χ2v) is 7.27. The van der Waals surface area contributed by atoms with Gasteiger partial charge in [0.15, 0.2) is 11.5 Å². The molecule has 0 unspecified atom stereocenters. The number of rotatable bonds is 6. The summed E-state index contributed by atoms with van der Waals surface area (Å²) in [5.41, 5.74) is 0. The molecule has 1 saturated heterocycles. The number of sulfonamides is 1. The average molecular weight is 342 g/mol. The summed E-state index contributed by atoms with van der Waals surface area (Å²) < 4.78 is 35.0. The van der Waals surface area contributed by atoms with Crippen molar-refractivity contribution >= 4 is 15.9 Å². The number of benzene rings is 1. The van der Waals surface area contributed by atoms with Gasteiger partial charge in [0.2, 0.25) is 15.9 Å². The van der Waals surface area contributed by atoms with Gasteiger partial charge in [0.1, 0.15) is 0 Å². The minimum atomic E-state index is -3.18. The summed E-state index contributed by atoms with van der Waals surface area (Å²) in [7, 11) is -1.61. The molecule has 23 heavy (non-hydrogen) atoms. The molecule has 2 rings (SSSR count). The number of amides is 1. The minimum Gasteiger partial charge on any atom is -0.493 e. The number of methoxy groups -OCH3 is 1. The molecule has 1 fully saturated rings. The van der Waals surface area contributed by atoms with Crippen LogP contribution >= 0.6 is 0 Å². The van der Waals surface area contributed by atoms with Crippen molar-refractivity contribution in [3.8, 4) is 11.5 Å². The van der Waals surface area contributed by atoms with Crippen LogP contribution in [-0.2, 0) is 14.8 Å². The van der Waals surface area contributed by atoms with Crippen LogP contribution in [0.4, 0.5) is 0 Å². The second kappa shape index (κ2) is 7.65. The summed E-state index contributed by atoms with van der Waals surface area (Å²) in [6.07, 6.45) is 1.43. The molecule has 0 spiro atoms. The van der Waals surface area contributed by atoms with Gasteiger partial charge in [0.05, 0.1) is 26.4 Å². The monoisotopic (exact) mass is 342 g/mol. The number of hydrogen-bond donors (Lipinski definition) is 0. The normalized spacial score (nSPS) is 16.2. The van der Waals surface area contributed by atoms with Crippen molar-refractivity contribution in [3.63, 3.8) is 0 Å². The Kier molecular flexibility index (Phi) is 5.84. The van der Waals surface area contributed by atoms with E-state index in [1.807, 2.05) is 12.1 Å². The van der Waals surface area contributed by atoms with Gasteiger partial charge in [-0.15, -0.1) is 0 Å². The van der Waals surface area contributed by atoms with Gasteiger partial charge in [-0.25, -0.2) is 8.42 Å². The fourth-order valence-corrected chi connectivity index (χ4v) is 3.24. The van der Waals surface area contributed by atoms with Crippen LogP contribution in [0.3, 0.4) is 0 Å². The summed E-state index contributed by atoms with van der Waals surface area (Å²) >= 11 is 0. The third-order valence-corrected chi connectivity index (χ3v) is 5.01. The van der Waals surface area contributed by atoms with E-state index in [0.29, 0.717) is 37.7 Å². The Morgan fingerprint density at radius 2 is 1.74 bits per heavy atom. The molecule has 0 aromatic heterocycles. The molecule has 0 saturated carbocycles. The molecule has 1 aliphatic rings. The molecule has 0 bridgehead atoms. The van der Waals surface area contributed by atoms with Gasteiger partial charge >= 0.3 is 0 Å². The fraction of sp³-hybridized carbons (Fsp3) is 0.533. The number of para-hydroxylation sites is 2. The summed E-state index contributed by atoms with van der Waals surface area (Å²) in [6.45, 7) is 1.78. The first-order valence-corrected chi connectivity index (χ1v) is 9.25. The molecule has 1 heterocycles. The molecule has 1 aromatic carbocycles. The first-order valence-electron chi connectivity index (χ1n) is 7.40. The number of carbonyl (C=O) groups excluding carboxylic acids is 1. The molecule has 8 heteroatoms. The van der Waals surface area contributed by atoms with Crippen LogP contribution in [0.5, 0.6) is 11.5 Å². The highest BCUT2D eigenvalue weighted by Gasteiger charge is 2.25. The average Bonchev–Trinajstić information content (AvgIpc) is 2.54. The Hall–Kier alpha value is -1.80. The van der Waals surface area contributed by atoms with E-state index in [2.05, 4.69) is 0 Å². The number of nitrogens with zero attached hydrogens (tertiary/aromatic N) is 2. The van der Waals surface area contributed by atoms with E-state index in [9.17, 15) is 13.2 Å². The van der Waals surface area contributed by atoms with Gasteiger partial charge in [-0.2, -0.15) is 4.31 Å². The van der Waals surface area contributed by atoms with Gasteiger partial charge in [0.25, 0.3) is 0 Å². The van der Waals surface area contributed by atoms with Crippen LogP contribution in [0.1, 0.15) is 6.42 Å². The molecule has 0 aliphatic carbocycles. The number of piperazine rings is 1. The summed E-state index contributed by atoms with van der Waals surface area (Å²) in [6, 6.07) is 7.26. The zero-order chi connectivity index (χ0) is 16.9. The molecule has 128 valence electrons. The van der Waals surface area contributed by atoms with Crippen molar-refractivity contribution < 1.29 is 22.7 Å². The molecule has 1 aromatic rings. The quantitative estimate of drug-likeness (QED) is 0.755. The van der Waals surface area contributed by atoms with E-state index in [0.717, 1.165) is 0 Å². The maximum absolute atomic E-state index is 12.1. The highest BCUT2D eigenvalue weighted by molar-refractivity contribution is 7.88. The summed E-state index contributed by atoms with van der Waals surface area (Å²) in [4.78, 5) is 13.8. The van der Waals surface area contributed by atoms with Gasteiger partial charge in [-0.1, -0.05) is 12.1 Å². The largest absolute Gasteiger partial charge is 0.493 e. The SMILES string of the molecule is COc1ccccc1OCCC(=O)N1CCN(S(C)(=O)=O)CC1. The summed E-state index contributed by atoms with van der Waals surface area (Å²) in [5.74, 6) is 1.19. The summed E-state index contributed by atoms with van der Waals surface area (Å²) in [5, 5.41) is 0. The highest BCUT2D eigenvalue weighted by Crippen LogP contribution is 2.25. The van der Waals surface area contributed by atoms with Crippen molar-refractivity contribution in [3.05, 3.63) is 24.3 Å². The van der Waals surface area contributed by atoms with Crippen LogP contribution in [0, 0.1) is 0 Å². The first kappa shape index (κ1) is 17.6. The van der Waals surface area contributed by atoms with Crippen molar-refractivity contribution in [2.24, 2.45) is 0 Å². The van der Waals surface area contributed by atoms with Crippen molar-refractivity contribution in [1.82, 2.24) is 9.21 Å². The fourth-order valence-electron chi connectivity index (χ4n) is 2.41. The predicted octanol–water partition coefficient (Wildman–Crippen LogP) is 0.568. The number of hydrogen-bond acceptors (Lipinski definition) is 5. The van der Waals surface area contributed by atoms with Crippen molar-refractivity contribution in [2.75, 3.05) is 46.2 Å². The Labute approximate surface area is 136 Å². The molecular weight excluding hydrogens is 320 g/mol. The van der Waals surface area contributed by atoms with E-state index in [-0.39, 0.29) is 18.9 Å². The number of carbonyl (C=O) groups is 1. The predicted molar refractivity (Wildman–Crippen MR) is 86.1 cm³/mol. The molecule has 0 radical (unpaired) electrons. The Morgan fingerprint density at radius 1 is 1.13 bits per heavy atom. The zero-order valence-corrected chi connectivity index (χ0v) is 14.2. The standard InChI is InChI=1S/C15H22N2O5S/c1-21-13-5-3-4-6-14(13)22-12-7-15(18)16-8-10-17(11-9-16)23(2,19)20/h3-6H,7-12H2,1-2H3. The van der Waals surface area contributed by atoms with E-state index >= 15 is 0 Å². The van der Waals surface area contributed by atoms with Crippen molar-refractivity contribution in [1.29, 1.82) is 0 Å². The Morgan fingerprint density at radius 3 is 2.30 bits per heavy atom. The minimum absolute atomic E-state index is 0.0342. The van der Waals surface area contributed by atoms with Gasteiger partial charge in [-0.3, -0.25) is 4.79 Å². The van der Waals surface area contributed by atoms with Gasteiger partial charge in [-0.05, 0) is 12.1 Å². The lowest BCUT2D eigenvalue weighted by Crippen LogP contribution is -2.50. The van der Waals surface area contributed by atoms with Crippen LogP contribution in [0.15, 0.2) is 24.3 Å². The molecule has 1 aliphatic heterocycles. The Bertz CT molecular complexity index is 639. The van der Waals surface area contributed by atoms with Crippen LogP contribution in [-0.4, -0.2) is 69.7 Å². The second-order valence-electron chi connectivity index (χ2n) is 5.29. The molecule has 0 N–H and O–H groups in total. The van der Waals surface area contributed by atoms with Gasteiger partial charge < -0.3 is 14.4 Å². The third kappa shape index (κ3) is 4.84. The lowest BCUT2D eigenvalue weighted by atomic mass is 10.3. The lowest BCUT2D eigenvalue weighted by Gasteiger charge is -2.33. The van der Waals surface area contributed by atoms with Crippen LogP contribution in [0.2, 0.25) is 0 Å². The van der Waals surface area contributed by atoms with Crippen LogP contribution in [0.25, 0.3) is 0 Å². The van der Waals surface area contributed by atoms with E-state index in [1.165, 1.54) is 10.6 Å². The van der Waals surface area contributed by atoms with Gasteiger partial charge in [0, 0.05) is 26.2 Å². The van der Waals surface area contributed by atoms with E-state index in [1.54, 1.807) is 24.1 Å². The topological polar surface area (TPSA) is 76.2 Å². The molecule has 0 atom stereocenters. The van der Waals surface area contributed by atoms with Crippen LogP contribution < -0.4 is 9.47 Å². The Balaban J connectivity index is 1.78. The number of ether oxygens (including phenoxy) is 2. The highest BCUT2D eigenvalue weighted by atomic mass is 32.2. The lowest BCUT2D eigenvalue weighted by molar-refractivity contribution is -0.132. The molecule has 7 nitrogen and oxygen atoms in total. The maximum Gasteiger partial charge on any atom is 0.226 e. The zero-order valence-electron chi connectivity index (χ0n) is 13.4. The molecule has 1 amide bonds. The third-order valence-electron chi connectivity index (χ3n) is 3.70. The maximum atomic E-state index is 12.1. The first-order chi connectivity index (χ1) is 10.9. The molecular formula is C15H22N2O5S. The van der Waals surface area contributed by atoms with E-state index in [4.69, 9.17) is 9.47 Å². The van der Waals surface area contributed by atoms with Crippen molar-refractivity contribution in [2.45, 2.75) is 6.42 Å².